The predicted molar refractivity (Wildman–Crippen MR) is 101 cm³/mol. The van der Waals surface area contributed by atoms with Gasteiger partial charge in [0.15, 0.2) is 5.69 Å². The fraction of sp³-hybridized carbons (Fsp3) is 0.294. The molecule has 0 unspecified atom stereocenters. The lowest BCUT2D eigenvalue weighted by molar-refractivity contribution is -0.121. The van der Waals surface area contributed by atoms with Crippen LogP contribution in [0.3, 0.4) is 0 Å². The van der Waals surface area contributed by atoms with Crippen molar-refractivity contribution in [3.05, 3.63) is 40.7 Å². The zero-order chi connectivity index (χ0) is 20.4. The normalized spacial score (nSPS) is 11.1. The van der Waals surface area contributed by atoms with Crippen molar-refractivity contribution in [2.24, 2.45) is 5.73 Å². The van der Waals surface area contributed by atoms with Crippen LogP contribution in [0.15, 0.2) is 24.3 Å². The molecule has 0 saturated heterocycles. The van der Waals surface area contributed by atoms with Gasteiger partial charge in [-0.3, -0.25) is 19.3 Å². The summed E-state index contributed by atoms with van der Waals surface area (Å²) in [6.07, 6.45) is 0. The van der Waals surface area contributed by atoms with Gasteiger partial charge in [0.1, 0.15) is 17.2 Å². The Kier molecular flexibility index (Phi) is 5.79. The van der Waals surface area contributed by atoms with Crippen molar-refractivity contribution >= 4 is 40.6 Å². The van der Waals surface area contributed by atoms with Gasteiger partial charge in [-0.1, -0.05) is 12.1 Å². The lowest BCUT2D eigenvalue weighted by Crippen LogP contribution is -2.47. The Morgan fingerprint density at radius 3 is 2.41 bits per heavy atom. The number of primary amides is 1. The first-order valence-electron chi connectivity index (χ1n) is 7.93. The molecule has 0 radical (unpaired) electrons. The highest BCUT2D eigenvalue weighted by Gasteiger charge is 2.29. The van der Waals surface area contributed by atoms with Crippen LogP contribution in [0.2, 0.25) is 0 Å². The van der Waals surface area contributed by atoms with Gasteiger partial charge in [0, 0.05) is 5.54 Å². The van der Waals surface area contributed by atoms with Gasteiger partial charge in [-0.2, -0.15) is 4.37 Å². The van der Waals surface area contributed by atoms with Crippen molar-refractivity contribution in [2.75, 3.05) is 17.2 Å². The van der Waals surface area contributed by atoms with Crippen LogP contribution in [-0.2, 0) is 4.79 Å². The van der Waals surface area contributed by atoms with E-state index in [0.29, 0.717) is 11.5 Å². The lowest BCUT2D eigenvalue weighted by Gasteiger charge is -2.26. The minimum Gasteiger partial charge on any atom is -0.395 e. The molecule has 0 aliphatic heterocycles. The maximum absolute atomic E-state index is 14.3. The SMILES string of the molecule is CC(C)(C)NC(=O)CN(C(=O)c1snc(C(N)=O)c1N)c1ccccc1F. The number of nitrogen functional groups attached to an aromatic ring is 1. The molecule has 0 fully saturated rings. The molecular formula is C17H20FN5O3S. The number of carbonyl (C=O) groups excluding carboxylic acids is 3. The largest absolute Gasteiger partial charge is 0.395 e. The smallest absolute Gasteiger partial charge is 0.272 e. The van der Waals surface area contributed by atoms with E-state index >= 15 is 0 Å². The van der Waals surface area contributed by atoms with Crippen molar-refractivity contribution in [2.45, 2.75) is 26.3 Å². The highest BCUT2D eigenvalue weighted by atomic mass is 32.1. The van der Waals surface area contributed by atoms with E-state index in [1.807, 2.05) is 0 Å². The van der Waals surface area contributed by atoms with E-state index in [2.05, 4.69) is 9.69 Å². The number of carbonyl (C=O) groups is 3. The quantitative estimate of drug-likeness (QED) is 0.709. The van der Waals surface area contributed by atoms with Crippen LogP contribution in [0.25, 0.3) is 0 Å². The van der Waals surface area contributed by atoms with E-state index in [1.165, 1.54) is 24.3 Å². The number of nitrogens with zero attached hydrogens (tertiary/aromatic N) is 2. The molecule has 10 heteroatoms. The number of nitrogens with one attached hydrogen (secondary N) is 1. The molecule has 27 heavy (non-hydrogen) atoms. The first kappa shape index (κ1) is 20.3. The monoisotopic (exact) mass is 393 g/mol. The van der Waals surface area contributed by atoms with Gasteiger partial charge in [-0.25, -0.2) is 4.39 Å². The third-order valence-electron chi connectivity index (χ3n) is 3.36. The second-order valence-corrected chi connectivity index (χ2v) is 7.55. The highest BCUT2D eigenvalue weighted by Crippen LogP contribution is 2.27. The Morgan fingerprint density at radius 2 is 1.89 bits per heavy atom. The van der Waals surface area contributed by atoms with Crippen molar-refractivity contribution in [3.8, 4) is 0 Å². The molecule has 0 aliphatic carbocycles. The minimum atomic E-state index is -0.884. The second-order valence-electron chi connectivity index (χ2n) is 6.78. The molecule has 1 heterocycles. The molecule has 1 aromatic carbocycles. The highest BCUT2D eigenvalue weighted by molar-refractivity contribution is 7.09. The van der Waals surface area contributed by atoms with Gasteiger partial charge in [0.05, 0.1) is 11.4 Å². The summed E-state index contributed by atoms with van der Waals surface area (Å²) in [5.41, 5.74) is 9.89. The van der Waals surface area contributed by atoms with Gasteiger partial charge in [0.25, 0.3) is 11.8 Å². The summed E-state index contributed by atoms with van der Waals surface area (Å²) in [6.45, 7) is 4.89. The van der Waals surface area contributed by atoms with Crippen LogP contribution < -0.4 is 21.7 Å². The molecule has 0 aliphatic rings. The first-order chi connectivity index (χ1) is 12.5. The molecule has 2 rings (SSSR count). The molecule has 0 spiro atoms. The van der Waals surface area contributed by atoms with Crippen LogP contribution in [0.1, 0.15) is 40.9 Å². The predicted octanol–water partition coefficient (Wildman–Crippen LogP) is 1.52. The first-order valence-corrected chi connectivity index (χ1v) is 8.71. The van der Waals surface area contributed by atoms with Gasteiger partial charge in [-0.15, -0.1) is 0 Å². The van der Waals surface area contributed by atoms with Crippen molar-refractivity contribution in [1.29, 1.82) is 0 Å². The van der Waals surface area contributed by atoms with Crippen LogP contribution in [0.5, 0.6) is 0 Å². The molecule has 3 amide bonds. The van der Waals surface area contributed by atoms with Crippen molar-refractivity contribution in [1.82, 2.24) is 9.69 Å². The molecule has 1 aromatic heterocycles. The number of hydrogen-bond donors (Lipinski definition) is 3. The van der Waals surface area contributed by atoms with Gasteiger partial charge >= 0.3 is 0 Å². The third kappa shape index (κ3) is 4.79. The molecule has 144 valence electrons. The van der Waals surface area contributed by atoms with E-state index in [9.17, 15) is 18.8 Å². The average molecular weight is 393 g/mol. The van der Waals surface area contributed by atoms with Crippen LogP contribution >= 0.6 is 11.5 Å². The maximum atomic E-state index is 14.3. The number of aromatic nitrogens is 1. The summed E-state index contributed by atoms with van der Waals surface area (Å²) in [4.78, 5) is 37.5. The van der Waals surface area contributed by atoms with E-state index in [1.54, 1.807) is 20.8 Å². The lowest BCUT2D eigenvalue weighted by atomic mass is 10.1. The van der Waals surface area contributed by atoms with Crippen LogP contribution in [0, 0.1) is 5.82 Å². The topological polar surface area (TPSA) is 131 Å². The zero-order valence-corrected chi connectivity index (χ0v) is 15.9. The van der Waals surface area contributed by atoms with Gasteiger partial charge < -0.3 is 16.8 Å². The Morgan fingerprint density at radius 1 is 1.26 bits per heavy atom. The van der Waals surface area contributed by atoms with E-state index in [4.69, 9.17) is 11.5 Å². The molecule has 5 N–H and O–H groups in total. The number of para-hydroxylation sites is 1. The fourth-order valence-corrected chi connectivity index (χ4v) is 3.04. The summed E-state index contributed by atoms with van der Waals surface area (Å²) < 4.78 is 18.1. The number of benzene rings is 1. The third-order valence-corrected chi connectivity index (χ3v) is 4.21. The molecule has 0 bridgehead atoms. The standard InChI is InChI=1S/C17H20FN5O3S/c1-17(2,3)21-11(24)8-23(10-7-5-4-6-9(10)18)16(26)14-12(19)13(15(20)25)22-27-14/h4-7H,8,19H2,1-3H3,(H2,20,25)(H,21,24). The van der Waals surface area contributed by atoms with E-state index in [0.717, 1.165) is 4.90 Å². The Hall–Kier alpha value is -3.01. The van der Waals surface area contributed by atoms with Crippen molar-refractivity contribution in [3.63, 3.8) is 0 Å². The van der Waals surface area contributed by atoms with Crippen LogP contribution in [-0.4, -0.2) is 34.2 Å². The molecule has 0 saturated carbocycles. The minimum absolute atomic E-state index is 0.0972. The van der Waals surface area contributed by atoms with Crippen molar-refractivity contribution < 1.29 is 18.8 Å². The van der Waals surface area contributed by atoms with Crippen LogP contribution in [0.4, 0.5) is 15.8 Å². The molecule has 2 aromatic rings. The molecule has 8 nitrogen and oxygen atoms in total. The summed E-state index contributed by atoms with van der Waals surface area (Å²) in [5, 5.41) is 2.71. The zero-order valence-electron chi connectivity index (χ0n) is 15.1. The summed E-state index contributed by atoms with van der Waals surface area (Å²) in [6, 6.07) is 5.53. The summed E-state index contributed by atoms with van der Waals surface area (Å²) in [7, 11) is 0. The van der Waals surface area contributed by atoms with Gasteiger partial charge in [-0.05, 0) is 44.4 Å². The molecular weight excluding hydrogens is 373 g/mol. The number of hydrogen-bond acceptors (Lipinski definition) is 6. The van der Waals surface area contributed by atoms with E-state index < -0.39 is 35.6 Å². The summed E-state index contributed by atoms with van der Waals surface area (Å²) >= 11 is 0.660. The number of amides is 3. The number of halogens is 1. The maximum Gasteiger partial charge on any atom is 0.272 e. The average Bonchev–Trinajstić information content (AvgIpc) is 2.93. The Labute approximate surface area is 159 Å². The van der Waals surface area contributed by atoms with E-state index in [-0.39, 0.29) is 21.9 Å². The second kappa shape index (κ2) is 7.70. The van der Waals surface area contributed by atoms with Gasteiger partial charge in [0.2, 0.25) is 5.91 Å². The fourth-order valence-electron chi connectivity index (χ4n) is 2.29. The Balaban J connectivity index is 2.43. The number of anilines is 2. The molecule has 0 atom stereocenters. The summed E-state index contributed by atoms with van der Waals surface area (Å²) in [5.74, 6) is -2.82. The number of nitrogens with two attached hydrogens (primary N) is 2. The number of rotatable bonds is 5. The Bertz CT molecular complexity index is 891.